The molecule has 0 bridgehead atoms. The highest BCUT2D eigenvalue weighted by atomic mass is 127. The molecule has 1 aliphatic carbocycles. The number of rotatable bonds is 2. The Hall–Kier alpha value is -0.330. The van der Waals surface area contributed by atoms with E-state index in [9.17, 15) is 4.79 Å². The van der Waals surface area contributed by atoms with Gasteiger partial charge < -0.3 is 11.1 Å². The molecule has 3 N–H and O–H groups in total. The molecule has 1 aromatic carbocycles. The van der Waals surface area contributed by atoms with Crippen LogP contribution < -0.4 is 11.1 Å². The number of hydrogen-bond acceptors (Lipinski definition) is 2. The van der Waals surface area contributed by atoms with Crippen LogP contribution in [0.2, 0.25) is 0 Å². The summed E-state index contributed by atoms with van der Waals surface area (Å²) in [7, 11) is 0. The second-order valence-electron chi connectivity index (χ2n) is 4.68. The maximum atomic E-state index is 12.2. The molecule has 5 heteroatoms. The summed E-state index contributed by atoms with van der Waals surface area (Å²) < 4.78 is 1.11. The van der Waals surface area contributed by atoms with Crippen LogP contribution in [0.3, 0.4) is 0 Å². The molecule has 100 valence electrons. The van der Waals surface area contributed by atoms with Gasteiger partial charge in [-0.15, -0.1) is 12.4 Å². The normalized spacial score (nSPS) is 17.7. The summed E-state index contributed by atoms with van der Waals surface area (Å²) in [6, 6.07) is 7.77. The third-order valence-corrected chi connectivity index (χ3v) is 3.95. The van der Waals surface area contributed by atoms with Crippen LogP contribution in [-0.2, 0) is 4.79 Å². The van der Waals surface area contributed by atoms with Gasteiger partial charge in [0, 0.05) is 9.26 Å². The maximum absolute atomic E-state index is 12.2. The molecule has 1 aliphatic rings. The summed E-state index contributed by atoms with van der Waals surface area (Å²) in [6.07, 6.45) is 4.88. The summed E-state index contributed by atoms with van der Waals surface area (Å²) in [6.45, 7) is 0. The van der Waals surface area contributed by atoms with E-state index < -0.39 is 5.54 Å². The first-order valence-corrected chi connectivity index (χ1v) is 7.04. The average Bonchev–Trinajstić information content (AvgIpc) is 2.30. The minimum Gasteiger partial charge on any atom is -0.324 e. The number of carbonyl (C=O) groups excluding carboxylic acids is 1. The van der Waals surface area contributed by atoms with Gasteiger partial charge in [-0.2, -0.15) is 0 Å². The third-order valence-electron chi connectivity index (χ3n) is 3.28. The summed E-state index contributed by atoms with van der Waals surface area (Å²) in [4.78, 5) is 12.2. The Morgan fingerprint density at radius 2 is 1.94 bits per heavy atom. The molecule has 0 radical (unpaired) electrons. The highest BCUT2D eigenvalue weighted by Crippen LogP contribution is 2.27. The molecule has 1 saturated carbocycles. The highest BCUT2D eigenvalue weighted by Gasteiger charge is 2.35. The Labute approximate surface area is 127 Å². The van der Waals surface area contributed by atoms with Gasteiger partial charge >= 0.3 is 0 Å². The molecule has 0 aliphatic heterocycles. The van der Waals surface area contributed by atoms with Gasteiger partial charge in [-0.05, 0) is 53.6 Å². The summed E-state index contributed by atoms with van der Waals surface area (Å²) in [5.41, 5.74) is 6.34. The van der Waals surface area contributed by atoms with Crippen LogP contribution in [0.15, 0.2) is 24.3 Å². The zero-order chi connectivity index (χ0) is 12.3. The molecular weight excluding hydrogens is 363 g/mol. The van der Waals surface area contributed by atoms with Crippen molar-refractivity contribution in [3.63, 3.8) is 0 Å². The Balaban J connectivity index is 0.00000162. The van der Waals surface area contributed by atoms with E-state index in [4.69, 9.17) is 5.73 Å². The fraction of sp³-hybridized carbons (Fsp3) is 0.462. The lowest BCUT2D eigenvalue weighted by atomic mass is 9.82. The number of carbonyl (C=O) groups is 1. The average molecular weight is 381 g/mol. The van der Waals surface area contributed by atoms with Crippen molar-refractivity contribution in [2.75, 3.05) is 5.32 Å². The first kappa shape index (κ1) is 15.7. The quantitative estimate of drug-likeness (QED) is 0.773. The van der Waals surface area contributed by atoms with Gasteiger partial charge in [0.1, 0.15) is 0 Å². The highest BCUT2D eigenvalue weighted by molar-refractivity contribution is 14.1. The lowest BCUT2D eigenvalue weighted by molar-refractivity contribution is -0.122. The third kappa shape index (κ3) is 3.83. The van der Waals surface area contributed by atoms with Crippen LogP contribution in [0.1, 0.15) is 32.1 Å². The summed E-state index contributed by atoms with van der Waals surface area (Å²) in [5, 5.41) is 2.92. The van der Waals surface area contributed by atoms with Gasteiger partial charge in [0.05, 0.1) is 5.54 Å². The minimum atomic E-state index is -0.667. The molecule has 0 heterocycles. The van der Waals surface area contributed by atoms with Gasteiger partial charge in [-0.1, -0.05) is 25.3 Å². The van der Waals surface area contributed by atoms with Crippen LogP contribution in [0.5, 0.6) is 0 Å². The first-order chi connectivity index (χ1) is 8.10. The number of benzene rings is 1. The van der Waals surface area contributed by atoms with Crippen LogP contribution >= 0.6 is 35.0 Å². The Kier molecular flexibility index (Phi) is 5.88. The van der Waals surface area contributed by atoms with E-state index in [1.807, 2.05) is 24.3 Å². The monoisotopic (exact) mass is 380 g/mol. The van der Waals surface area contributed by atoms with Crippen molar-refractivity contribution in [1.82, 2.24) is 0 Å². The van der Waals surface area contributed by atoms with Crippen LogP contribution in [0.25, 0.3) is 0 Å². The lowest BCUT2D eigenvalue weighted by Crippen LogP contribution is -2.52. The van der Waals surface area contributed by atoms with Gasteiger partial charge in [0.25, 0.3) is 0 Å². The Morgan fingerprint density at radius 3 is 2.56 bits per heavy atom. The molecule has 0 saturated heterocycles. The molecule has 1 amide bonds. The number of nitrogens with one attached hydrogen (secondary N) is 1. The van der Waals surface area contributed by atoms with E-state index in [1.54, 1.807) is 0 Å². The van der Waals surface area contributed by atoms with Crippen molar-refractivity contribution in [2.45, 2.75) is 37.6 Å². The summed E-state index contributed by atoms with van der Waals surface area (Å²) in [5.74, 6) is -0.0424. The number of amides is 1. The molecule has 3 nitrogen and oxygen atoms in total. The molecule has 1 aromatic rings. The van der Waals surface area contributed by atoms with Crippen molar-refractivity contribution in [2.24, 2.45) is 5.73 Å². The maximum Gasteiger partial charge on any atom is 0.244 e. The van der Waals surface area contributed by atoms with Crippen LogP contribution in [0, 0.1) is 3.57 Å². The van der Waals surface area contributed by atoms with Gasteiger partial charge in [0.15, 0.2) is 0 Å². The van der Waals surface area contributed by atoms with E-state index >= 15 is 0 Å². The summed E-state index contributed by atoms with van der Waals surface area (Å²) >= 11 is 2.23. The minimum absolute atomic E-state index is 0. The van der Waals surface area contributed by atoms with Crippen molar-refractivity contribution in [1.29, 1.82) is 0 Å². The smallest absolute Gasteiger partial charge is 0.244 e. The van der Waals surface area contributed by atoms with E-state index in [1.165, 1.54) is 6.42 Å². The molecule has 0 atom stereocenters. The van der Waals surface area contributed by atoms with Crippen LogP contribution in [-0.4, -0.2) is 11.4 Å². The van der Waals surface area contributed by atoms with E-state index in [2.05, 4.69) is 27.9 Å². The number of anilines is 1. The Bertz CT molecular complexity index is 419. The number of hydrogen-bond donors (Lipinski definition) is 2. The lowest BCUT2D eigenvalue weighted by Gasteiger charge is -2.31. The van der Waals surface area contributed by atoms with Crippen molar-refractivity contribution in [3.8, 4) is 0 Å². The molecule has 0 unspecified atom stereocenters. The molecular formula is C13H18ClIN2O. The predicted molar refractivity (Wildman–Crippen MR) is 85.0 cm³/mol. The fourth-order valence-corrected chi connectivity index (χ4v) is 2.77. The van der Waals surface area contributed by atoms with E-state index in [0.29, 0.717) is 0 Å². The van der Waals surface area contributed by atoms with E-state index in [-0.39, 0.29) is 18.3 Å². The first-order valence-electron chi connectivity index (χ1n) is 5.96. The predicted octanol–water partition coefficient (Wildman–Crippen LogP) is 3.31. The van der Waals surface area contributed by atoms with Gasteiger partial charge in [-0.3, -0.25) is 4.79 Å². The SMILES string of the molecule is Cl.NC1(C(=O)Nc2cccc(I)c2)CCCCC1. The standard InChI is InChI=1S/C13H17IN2O.ClH/c14-10-5-4-6-11(9-10)16-12(17)13(15)7-2-1-3-8-13;/h4-6,9H,1-3,7-8,15H2,(H,16,17);1H. The fourth-order valence-electron chi connectivity index (χ4n) is 2.23. The second kappa shape index (κ2) is 6.73. The van der Waals surface area contributed by atoms with Crippen molar-refractivity contribution in [3.05, 3.63) is 27.8 Å². The molecule has 2 rings (SSSR count). The van der Waals surface area contributed by atoms with Gasteiger partial charge in [0.2, 0.25) is 5.91 Å². The largest absolute Gasteiger partial charge is 0.324 e. The second-order valence-corrected chi connectivity index (χ2v) is 5.93. The van der Waals surface area contributed by atoms with E-state index in [0.717, 1.165) is 34.9 Å². The van der Waals surface area contributed by atoms with Crippen LogP contribution in [0.4, 0.5) is 5.69 Å². The topological polar surface area (TPSA) is 55.1 Å². The van der Waals surface area contributed by atoms with Crippen molar-refractivity contribution < 1.29 is 4.79 Å². The molecule has 0 spiro atoms. The van der Waals surface area contributed by atoms with Gasteiger partial charge in [-0.25, -0.2) is 0 Å². The zero-order valence-corrected chi connectivity index (χ0v) is 13.1. The molecule has 0 aromatic heterocycles. The zero-order valence-electron chi connectivity index (χ0n) is 10.1. The Morgan fingerprint density at radius 1 is 1.28 bits per heavy atom. The molecule has 18 heavy (non-hydrogen) atoms. The number of nitrogens with two attached hydrogens (primary N) is 1. The van der Waals surface area contributed by atoms with Crippen molar-refractivity contribution >= 4 is 46.6 Å². The number of halogens is 2. The molecule has 1 fully saturated rings.